The Morgan fingerprint density at radius 3 is 2.20 bits per heavy atom. The number of hydrogen-bond donors (Lipinski definition) is 0. The van der Waals surface area contributed by atoms with Gasteiger partial charge < -0.3 is 9.47 Å². The molecule has 0 aromatic rings. The molecule has 0 bridgehead atoms. The number of hydrogen-bond acceptors (Lipinski definition) is 4. The highest BCUT2D eigenvalue weighted by atomic mass is 16.5. The van der Waals surface area contributed by atoms with Crippen LogP contribution in [0, 0.1) is 11.3 Å². The number of allylic oxidation sites excluding steroid dienone is 1. The Balaban J connectivity index is 4.58. The van der Waals surface area contributed by atoms with Crippen molar-refractivity contribution in [2.24, 2.45) is 0 Å². The topological polar surface area (TPSA) is 59.3 Å². The molecule has 0 atom stereocenters. The van der Waals surface area contributed by atoms with Crippen molar-refractivity contribution in [3.8, 4) is 6.07 Å². The average molecular weight is 211 g/mol. The minimum absolute atomic E-state index is 0.00644. The molecule has 0 saturated heterocycles. The smallest absolute Gasteiger partial charge is 0.311 e. The number of carbonyl (C=O) groups is 1. The van der Waals surface area contributed by atoms with E-state index in [1.165, 1.54) is 0 Å². The molecule has 84 valence electrons. The van der Waals surface area contributed by atoms with Gasteiger partial charge in [-0.15, -0.1) is 0 Å². The van der Waals surface area contributed by atoms with Gasteiger partial charge in [0.25, 0.3) is 0 Å². The van der Waals surface area contributed by atoms with E-state index in [0.29, 0.717) is 31.0 Å². The van der Waals surface area contributed by atoms with E-state index in [0.717, 1.165) is 0 Å². The molecular formula is C11H17NO3. The van der Waals surface area contributed by atoms with Gasteiger partial charge in [-0.2, -0.15) is 5.26 Å². The first-order chi connectivity index (χ1) is 7.19. The van der Waals surface area contributed by atoms with Gasteiger partial charge in [-0.1, -0.05) is 6.92 Å². The van der Waals surface area contributed by atoms with Gasteiger partial charge >= 0.3 is 5.97 Å². The fraction of sp³-hybridized carbons (Fsp3) is 0.636. The van der Waals surface area contributed by atoms with Gasteiger partial charge in [0.15, 0.2) is 0 Å². The summed E-state index contributed by atoms with van der Waals surface area (Å²) in [6.45, 7) is 6.28. The van der Waals surface area contributed by atoms with Crippen molar-refractivity contribution in [1.29, 1.82) is 5.26 Å². The van der Waals surface area contributed by atoms with Crippen LogP contribution in [-0.2, 0) is 14.3 Å². The Morgan fingerprint density at radius 1 is 1.20 bits per heavy atom. The second-order valence-electron chi connectivity index (χ2n) is 2.78. The molecule has 4 nitrogen and oxygen atoms in total. The third-order valence-electron chi connectivity index (χ3n) is 1.74. The Bertz CT molecular complexity index is 276. The largest absolute Gasteiger partial charge is 0.497 e. The summed E-state index contributed by atoms with van der Waals surface area (Å²) in [4.78, 5) is 11.2. The molecule has 0 saturated carbocycles. The normalized spacial score (nSPS) is 11.3. The monoisotopic (exact) mass is 211 g/mol. The van der Waals surface area contributed by atoms with Crippen LogP contribution in [0.2, 0.25) is 0 Å². The predicted octanol–water partition coefficient (Wildman–Crippen LogP) is 2.16. The van der Waals surface area contributed by atoms with E-state index in [2.05, 4.69) is 0 Å². The van der Waals surface area contributed by atoms with Crippen LogP contribution in [0.4, 0.5) is 0 Å². The van der Waals surface area contributed by atoms with Gasteiger partial charge in [0.1, 0.15) is 5.76 Å². The average Bonchev–Trinajstić information content (AvgIpc) is 2.23. The minimum Gasteiger partial charge on any atom is -0.497 e. The van der Waals surface area contributed by atoms with Crippen LogP contribution in [0.3, 0.4) is 0 Å². The summed E-state index contributed by atoms with van der Waals surface area (Å²) >= 11 is 0. The van der Waals surface area contributed by atoms with Crippen molar-refractivity contribution in [2.75, 3.05) is 13.2 Å². The van der Waals surface area contributed by atoms with E-state index in [4.69, 9.17) is 14.7 Å². The maximum Gasteiger partial charge on any atom is 0.311 e. The summed E-state index contributed by atoms with van der Waals surface area (Å²) in [6.07, 6.45) is 0.601. The van der Waals surface area contributed by atoms with Crippen LogP contribution >= 0.6 is 0 Å². The van der Waals surface area contributed by atoms with Gasteiger partial charge in [-0.25, -0.2) is 0 Å². The number of rotatable bonds is 6. The number of nitrogens with zero attached hydrogens (tertiary/aromatic N) is 1. The quantitative estimate of drug-likeness (QED) is 0.384. The molecule has 0 fully saturated rings. The zero-order valence-corrected chi connectivity index (χ0v) is 9.50. The number of nitriles is 1. The maximum absolute atomic E-state index is 11.2. The van der Waals surface area contributed by atoms with E-state index in [9.17, 15) is 4.79 Å². The van der Waals surface area contributed by atoms with Crippen LogP contribution in [0.15, 0.2) is 11.3 Å². The fourth-order valence-corrected chi connectivity index (χ4v) is 1.13. The SMILES string of the molecule is CCOC(=O)C/C(C#N)=C(\CC)OCC. The Kier molecular flexibility index (Phi) is 7.08. The first-order valence-electron chi connectivity index (χ1n) is 5.10. The van der Waals surface area contributed by atoms with Crippen molar-refractivity contribution < 1.29 is 14.3 Å². The number of esters is 1. The number of ether oxygens (including phenoxy) is 2. The van der Waals surface area contributed by atoms with E-state index < -0.39 is 0 Å². The van der Waals surface area contributed by atoms with Gasteiger partial charge in [0, 0.05) is 6.42 Å². The van der Waals surface area contributed by atoms with Crippen LogP contribution < -0.4 is 0 Å². The van der Waals surface area contributed by atoms with Crippen LogP contribution in [0.25, 0.3) is 0 Å². The van der Waals surface area contributed by atoms with E-state index >= 15 is 0 Å². The Labute approximate surface area is 90.5 Å². The molecule has 0 N–H and O–H groups in total. The van der Waals surface area contributed by atoms with Gasteiger partial charge in [0.2, 0.25) is 0 Å². The third kappa shape index (κ3) is 5.06. The van der Waals surface area contributed by atoms with Gasteiger partial charge in [-0.3, -0.25) is 4.79 Å². The molecular weight excluding hydrogens is 194 g/mol. The van der Waals surface area contributed by atoms with Crippen molar-refractivity contribution in [3.05, 3.63) is 11.3 Å². The summed E-state index contributed by atoms with van der Waals surface area (Å²) in [5.74, 6) is 0.188. The molecule has 0 aromatic carbocycles. The second-order valence-corrected chi connectivity index (χ2v) is 2.78. The van der Waals surface area contributed by atoms with Crippen molar-refractivity contribution in [1.82, 2.24) is 0 Å². The lowest BCUT2D eigenvalue weighted by Gasteiger charge is -2.08. The van der Waals surface area contributed by atoms with E-state index in [1.807, 2.05) is 19.9 Å². The summed E-state index contributed by atoms with van der Waals surface area (Å²) in [6, 6.07) is 1.98. The van der Waals surface area contributed by atoms with Gasteiger partial charge in [0.05, 0.1) is 31.3 Å². The fourth-order valence-electron chi connectivity index (χ4n) is 1.13. The molecule has 15 heavy (non-hydrogen) atoms. The molecule has 0 amide bonds. The lowest BCUT2D eigenvalue weighted by Crippen LogP contribution is -2.07. The Hall–Kier alpha value is -1.50. The standard InChI is InChI=1S/C11H17NO3/c1-4-10(14-5-2)9(8-12)7-11(13)15-6-3/h4-7H2,1-3H3/b10-9-. The summed E-state index contributed by atoms with van der Waals surface area (Å²) < 4.78 is 10.0. The molecule has 0 heterocycles. The van der Waals surface area contributed by atoms with E-state index in [-0.39, 0.29) is 12.4 Å². The highest BCUT2D eigenvalue weighted by Gasteiger charge is 2.11. The molecule has 0 aliphatic carbocycles. The molecule has 0 rings (SSSR count). The lowest BCUT2D eigenvalue weighted by atomic mass is 10.1. The first kappa shape index (κ1) is 13.5. The minimum atomic E-state index is -0.389. The van der Waals surface area contributed by atoms with Crippen molar-refractivity contribution in [3.63, 3.8) is 0 Å². The summed E-state index contributed by atoms with van der Waals surface area (Å²) in [7, 11) is 0. The van der Waals surface area contributed by atoms with Crippen molar-refractivity contribution >= 4 is 5.97 Å². The predicted molar refractivity (Wildman–Crippen MR) is 55.8 cm³/mol. The van der Waals surface area contributed by atoms with Crippen molar-refractivity contribution in [2.45, 2.75) is 33.6 Å². The summed E-state index contributed by atoms with van der Waals surface area (Å²) in [5.41, 5.74) is 0.359. The lowest BCUT2D eigenvalue weighted by molar-refractivity contribution is -0.142. The van der Waals surface area contributed by atoms with E-state index in [1.54, 1.807) is 6.92 Å². The highest BCUT2D eigenvalue weighted by molar-refractivity contribution is 5.73. The summed E-state index contributed by atoms with van der Waals surface area (Å²) in [5, 5.41) is 8.88. The molecule has 0 unspecified atom stereocenters. The second kappa shape index (κ2) is 7.86. The molecule has 0 spiro atoms. The zero-order chi connectivity index (χ0) is 11.7. The van der Waals surface area contributed by atoms with Gasteiger partial charge in [-0.05, 0) is 13.8 Å². The van der Waals surface area contributed by atoms with Crippen LogP contribution in [0.1, 0.15) is 33.6 Å². The molecule has 0 aliphatic rings. The van der Waals surface area contributed by atoms with Crippen LogP contribution in [0.5, 0.6) is 0 Å². The molecule has 0 radical (unpaired) electrons. The first-order valence-corrected chi connectivity index (χ1v) is 5.10. The molecule has 0 aromatic heterocycles. The molecule has 0 aliphatic heterocycles. The van der Waals surface area contributed by atoms with Crippen LogP contribution in [-0.4, -0.2) is 19.2 Å². The third-order valence-corrected chi connectivity index (χ3v) is 1.74. The zero-order valence-electron chi connectivity index (χ0n) is 9.50. The Morgan fingerprint density at radius 2 is 1.80 bits per heavy atom. The maximum atomic E-state index is 11.2. The number of carbonyl (C=O) groups excluding carboxylic acids is 1. The highest BCUT2D eigenvalue weighted by Crippen LogP contribution is 2.13. The molecule has 4 heteroatoms.